The first-order chi connectivity index (χ1) is 14.2. The van der Waals surface area contributed by atoms with Crippen LogP contribution in [0.5, 0.6) is 5.75 Å². The third kappa shape index (κ3) is 4.16. The summed E-state index contributed by atoms with van der Waals surface area (Å²) in [6.45, 7) is 10.2. The highest BCUT2D eigenvalue weighted by Crippen LogP contribution is 2.32. The molecule has 158 valence electrons. The van der Waals surface area contributed by atoms with Crippen LogP contribution in [0.4, 0.5) is 4.39 Å². The molecule has 1 heterocycles. The van der Waals surface area contributed by atoms with Crippen molar-refractivity contribution in [3.8, 4) is 22.8 Å². The fourth-order valence-corrected chi connectivity index (χ4v) is 3.63. The van der Waals surface area contributed by atoms with Crippen LogP contribution in [-0.2, 0) is 6.42 Å². The molecular weight excluding hydrogens is 379 g/mol. The minimum absolute atomic E-state index is 0.0768. The van der Waals surface area contributed by atoms with E-state index < -0.39 is 5.82 Å². The highest BCUT2D eigenvalue weighted by atomic mass is 19.1. The average Bonchev–Trinajstić information content (AvgIpc) is 2.70. The van der Waals surface area contributed by atoms with Crippen molar-refractivity contribution >= 4 is 0 Å². The van der Waals surface area contributed by atoms with Gasteiger partial charge in [0.05, 0.1) is 18.4 Å². The van der Waals surface area contributed by atoms with E-state index in [0.717, 1.165) is 0 Å². The first-order valence-electron chi connectivity index (χ1n) is 10.3. The standard InChI is InChI=1S/C25H29FN2O2/c1-15(2)14-21-17(5)27-24(20-8-7-9-22(26)23(20)30-6)28(25(21)29)19-12-10-18(11-13-19)16(3)4/h7-13,15-16H,14H2,1-6H3. The zero-order chi connectivity index (χ0) is 22.0. The normalized spacial score (nSPS) is 11.4. The van der Waals surface area contributed by atoms with Crippen molar-refractivity contribution in [1.82, 2.24) is 9.55 Å². The van der Waals surface area contributed by atoms with Crippen molar-refractivity contribution in [2.24, 2.45) is 5.92 Å². The van der Waals surface area contributed by atoms with Crippen molar-refractivity contribution < 1.29 is 9.13 Å². The third-order valence-corrected chi connectivity index (χ3v) is 5.23. The van der Waals surface area contributed by atoms with Gasteiger partial charge >= 0.3 is 0 Å². The number of methoxy groups -OCH3 is 1. The van der Waals surface area contributed by atoms with Crippen LogP contribution in [0.1, 0.15) is 50.4 Å². The number of nitrogens with zero attached hydrogens (tertiary/aromatic N) is 2. The van der Waals surface area contributed by atoms with Crippen molar-refractivity contribution in [2.45, 2.75) is 47.0 Å². The molecule has 0 N–H and O–H groups in total. The van der Waals surface area contributed by atoms with Gasteiger partial charge in [0.15, 0.2) is 17.4 Å². The molecule has 0 fully saturated rings. The number of aromatic nitrogens is 2. The molecule has 4 nitrogen and oxygen atoms in total. The van der Waals surface area contributed by atoms with Crippen LogP contribution in [-0.4, -0.2) is 16.7 Å². The van der Waals surface area contributed by atoms with Crippen LogP contribution in [0.15, 0.2) is 47.3 Å². The highest BCUT2D eigenvalue weighted by Gasteiger charge is 2.21. The first kappa shape index (κ1) is 21.8. The maximum absolute atomic E-state index is 14.4. The summed E-state index contributed by atoms with van der Waals surface area (Å²) in [7, 11) is 1.42. The summed E-state index contributed by atoms with van der Waals surface area (Å²) in [6, 6.07) is 12.5. The molecule has 0 aliphatic heterocycles. The van der Waals surface area contributed by atoms with Gasteiger partial charge in [0.2, 0.25) is 0 Å². The molecule has 0 spiro atoms. The molecule has 3 aromatic rings. The fourth-order valence-electron chi connectivity index (χ4n) is 3.63. The third-order valence-electron chi connectivity index (χ3n) is 5.23. The van der Waals surface area contributed by atoms with Crippen LogP contribution in [0.3, 0.4) is 0 Å². The van der Waals surface area contributed by atoms with Gasteiger partial charge in [0.1, 0.15) is 0 Å². The van der Waals surface area contributed by atoms with E-state index in [9.17, 15) is 9.18 Å². The SMILES string of the molecule is COc1c(F)cccc1-c1nc(C)c(CC(C)C)c(=O)n1-c1ccc(C(C)C)cc1. The molecule has 0 amide bonds. The number of para-hydroxylation sites is 1. The van der Waals surface area contributed by atoms with Gasteiger partial charge in [-0.25, -0.2) is 9.37 Å². The van der Waals surface area contributed by atoms with Gasteiger partial charge in [0.25, 0.3) is 5.56 Å². The van der Waals surface area contributed by atoms with E-state index in [1.165, 1.54) is 18.7 Å². The number of hydrogen-bond donors (Lipinski definition) is 0. The molecule has 0 atom stereocenters. The van der Waals surface area contributed by atoms with Crippen LogP contribution in [0.2, 0.25) is 0 Å². The summed E-state index contributed by atoms with van der Waals surface area (Å²) >= 11 is 0. The van der Waals surface area contributed by atoms with E-state index in [-0.39, 0.29) is 11.3 Å². The topological polar surface area (TPSA) is 44.1 Å². The lowest BCUT2D eigenvalue weighted by molar-refractivity contribution is 0.388. The molecule has 0 saturated heterocycles. The van der Waals surface area contributed by atoms with E-state index in [2.05, 4.69) is 27.7 Å². The number of halogens is 1. The lowest BCUT2D eigenvalue weighted by atomic mass is 10.0. The van der Waals surface area contributed by atoms with Gasteiger partial charge in [-0.15, -0.1) is 0 Å². The van der Waals surface area contributed by atoms with Crippen molar-refractivity contribution in [3.63, 3.8) is 0 Å². The molecule has 0 unspecified atom stereocenters. The van der Waals surface area contributed by atoms with E-state index in [0.29, 0.717) is 46.6 Å². The second kappa shape index (κ2) is 8.82. The highest BCUT2D eigenvalue weighted by molar-refractivity contribution is 5.67. The summed E-state index contributed by atoms with van der Waals surface area (Å²) in [6.07, 6.45) is 0.627. The number of ether oxygens (including phenoxy) is 1. The Bertz CT molecular complexity index is 1100. The van der Waals surface area contributed by atoms with Crippen molar-refractivity contribution in [3.05, 3.63) is 75.5 Å². The van der Waals surface area contributed by atoms with E-state index >= 15 is 0 Å². The molecular formula is C25H29FN2O2. The Kier molecular flexibility index (Phi) is 6.40. The Balaban J connectivity index is 2.35. The molecule has 1 aromatic heterocycles. The predicted octanol–water partition coefficient (Wildman–Crippen LogP) is 5.68. The van der Waals surface area contributed by atoms with Crippen LogP contribution >= 0.6 is 0 Å². The molecule has 3 rings (SSSR count). The van der Waals surface area contributed by atoms with Gasteiger partial charge in [-0.1, -0.05) is 45.9 Å². The lowest BCUT2D eigenvalue weighted by Gasteiger charge is -2.19. The summed E-state index contributed by atoms with van der Waals surface area (Å²) in [5.41, 5.74) is 3.53. The summed E-state index contributed by atoms with van der Waals surface area (Å²) in [5.74, 6) is 0.650. The number of aryl methyl sites for hydroxylation is 1. The zero-order valence-electron chi connectivity index (χ0n) is 18.5. The Morgan fingerprint density at radius 2 is 1.73 bits per heavy atom. The Morgan fingerprint density at radius 1 is 1.07 bits per heavy atom. The second-order valence-electron chi connectivity index (χ2n) is 8.30. The molecule has 30 heavy (non-hydrogen) atoms. The molecule has 0 saturated carbocycles. The minimum atomic E-state index is -0.491. The summed E-state index contributed by atoms with van der Waals surface area (Å²) in [4.78, 5) is 18.4. The second-order valence-corrected chi connectivity index (χ2v) is 8.30. The molecule has 0 aliphatic carbocycles. The summed E-state index contributed by atoms with van der Waals surface area (Å²) in [5, 5.41) is 0. The number of hydrogen-bond acceptors (Lipinski definition) is 3. The van der Waals surface area contributed by atoms with Gasteiger partial charge in [-0.3, -0.25) is 9.36 Å². The van der Waals surface area contributed by atoms with Crippen molar-refractivity contribution in [1.29, 1.82) is 0 Å². The molecule has 5 heteroatoms. The molecule has 0 radical (unpaired) electrons. The minimum Gasteiger partial charge on any atom is -0.493 e. The quantitative estimate of drug-likeness (QED) is 0.527. The predicted molar refractivity (Wildman–Crippen MR) is 119 cm³/mol. The van der Waals surface area contributed by atoms with Gasteiger partial charge in [-0.05, 0) is 55.0 Å². The monoisotopic (exact) mass is 408 g/mol. The van der Waals surface area contributed by atoms with Crippen molar-refractivity contribution in [2.75, 3.05) is 7.11 Å². The van der Waals surface area contributed by atoms with Crippen LogP contribution < -0.4 is 10.3 Å². The van der Waals surface area contributed by atoms with Crippen LogP contribution in [0, 0.1) is 18.7 Å². The molecule has 0 bridgehead atoms. The number of benzene rings is 2. The molecule has 2 aromatic carbocycles. The maximum atomic E-state index is 14.4. The molecule has 0 aliphatic rings. The average molecular weight is 409 g/mol. The van der Waals surface area contributed by atoms with Gasteiger partial charge in [0, 0.05) is 11.3 Å². The Morgan fingerprint density at radius 3 is 2.30 bits per heavy atom. The number of rotatable bonds is 6. The zero-order valence-corrected chi connectivity index (χ0v) is 18.5. The fraction of sp³-hybridized carbons (Fsp3) is 0.360. The van der Waals surface area contributed by atoms with E-state index in [1.807, 2.05) is 31.2 Å². The largest absolute Gasteiger partial charge is 0.493 e. The summed E-state index contributed by atoms with van der Waals surface area (Å²) < 4.78 is 21.3. The van der Waals surface area contributed by atoms with Crippen LogP contribution in [0.25, 0.3) is 17.1 Å². The Labute approximate surface area is 177 Å². The van der Waals surface area contributed by atoms with Gasteiger partial charge in [-0.2, -0.15) is 0 Å². The Hall–Kier alpha value is -2.95. The maximum Gasteiger partial charge on any atom is 0.261 e. The van der Waals surface area contributed by atoms with Gasteiger partial charge < -0.3 is 4.74 Å². The lowest BCUT2D eigenvalue weighted by Crippen LogP contribution is -2.28. The first-order valence-corrected chi connectivity index (χ1v) is 10.3. The van der Waals surface area contributed by atoms with E-state index in [4.69, 9.17) is 9.72 Å². The van der Waals surface area contributed by atoms with E-state index in [1.54, 1.807) is 16.7 Å². The smallest absolute Gasteiger partial charge is 0.261 e.